The van der Waals surface area contributed by atoms with E-state index in [4.69, 9.17) is 9.47 Å². The summed E-state index contributed by atoms with van der Waals surface area (Å²) >= 11 is 0. The molecule has 0 radical (unpaired) electrons. The van der Waals surface area contributed by atoms with Crippen LogP contribution in [0.1, 0.15) is 40.5 Å². The lowest BCUT2D eigenvalue weighted by Gasteiger charge is -2.26. The molecular weight excluding hydrogens is 244 g/mol. The van der Waals surface area contributed by atoms with Crippen molar-refractivity contribution in [3.63, 3.8) is 0 Å². The molecule has 0 bridgehead atoms. The second kappa shape index (κ2) is 7.24. The van der Waals surface area contributed by atoms with Gasteiger partial charge in [0.25, 0.3) is 0 Å². The molecule has 4 heteroatoms. The first kappa shape index (κ1) is 17.6. The minimum Gasteiger partial charge on any atom is -0.457 e. The van der Waals surface area contributed by atoms with Crippen LogP contribution in [0.2, 0.25) is 0 Å². The van der Waals surface area contributed by atoms with Crippen LogP contribution < -0.4 is 0 Å². The maximum absolute atomic E-state index is 11.5. The van der Waals surface area contributed by atoms with Crippen molar-refractivity contribution in [2.24, 2.45) is 0 Å². The van der Waals surface area contributed by atoms with Gasteiger partial charge < -0.3 is 9.47 Å². The van der Waals surface area contributed by atoms with Gasteiger partial charge in [-0.1, -0.05) is 13.2 Å². The topological polar surface area (TPSA) is 52.6 Å². The van der Waals surface area contributed by atoms with Crippen molar-refractivity contribution in [2.75, 3.05) is 6.61 Å². The van der Waals surface area contributed by atoms with Crippen LogP contribution >= 0.6 is 0 Å². The molecule has 0 rings (SSSR count). The smallest absolute Gasteiger partial charge is 0.330 e. The highest BCUT2D eigenvalue weighted by atomic mass is 16.6. The first-order valence-corrected chi connectivity index (χ1v) is 6.31. The minimum absolute atomic E-state index is 0.148. The summed E-state index contributed by atoms with van der Waals surface area (Å²) in [5, 5.41) is 0. The summed E-state index contributed by atoms with van der Waals surface area (Å²) in [5.74, 6) is -0.585. The Balaban J connectivity index is 4.10. The average molecular weight is 268 g/mol. The van der Waals surface area contributed by atoms with Crippen molar-refractivity contribution >= 4 is 11.8 Å². The maximum Gasteiger partial charge on any atom is 0.330 e. The number of ketones is 1. The lowest BCUT2D eigenvalue weighted by Crippen LogP contribution is -2.34. The third-order valence-electron chi connectivity index (χ3n) is 2.71. The fourth-order valence-corrected chi connectivity index (χ4v) is 1.51. The third-order valence-corrected chi connectivity index (χ3v) is 2.71. The summed E-state index contributed by atoms with van der Waals surface area (Å²) in [4.78, 5) is 22.6. The number of rotatable bonds is 9. The normalized spacial score (nSPS) is 11.8. The lowest BCUT2D eigenvalue weighted by atomic mass is 10.0. The largest absolute Gasteiger partial charge is 0.457 e. The number of carbonyl (C=O) groups excluding carboxylic acids is 2. The van der Waals surface area contributed by atoms with E-state index >= 15 is 0 Å². The molecule has 0 spiro atoms. The second-order valence-electron chi connectivity index (χ2n) is 5.42. The van der Waals surface area contributed by atoms with Gasteiger partial charge in [-0.3, -0.25) is 4.79 Å². The summed E-state index contributed by atoms with van der Waals surface area (Å²) in [6.45, 7) is 14.3. The summed E-state index contributed by atoms with van der Waals surface area (Å²) in [6, 6.07) is 0. The van der Waals surface area contributed by atoms with Crippen LogP contribution in [0.15, 0.2) is 25.3 Å². The second-order valence-corrected chi connectivity index (χ2v) is 5.42. The first-order valence-electron chi connectivity index (χ1n) is 6.31. The van der Waals surface area contributed by atoms with Crippen LogP contribution in [-0.4, -0.2) is 29.6 Å². The molecule has 19 heavy (non-hydrogen) atoms. The predicted octanol–water partition coefficient (Wildman–Crippen LogP) is 2.82. The Hall–Kier alpha value is -1.42. The van der Waals surface area contributed by atoms with Gasteiger partial charge in [0.15, 0.2) is 5.78 Å². The molecule has 0 aliphatic carbocycles. The van der Waals surface area contributed by atoms with E-state index in [0.29, 0.717) is 19.4 Å². The molecular formula is C15H24O4. The van der Waals surface area contributed by atoms with Crippen molar-refractivity contribution in [1.29, 1.82) is 0 Å². The highest BCUT2D eigenvalue weighted by Gasteiger charge is 2.26. The molecule has 108 valence electrons. The average Bonchev–Trinajstić information content (AvgIpc) is 2.32. The van der Waals surface area contributed by atoms with Gasteiger partial charge in [-0.15, -0.1) is 0 Å². The van der Waals surface area contributed by atoms with E-state index in [0.717, 1.165) is 6.08 Å². The zero-order valence-corrected chi connectivity index (χ0v) is 12.3. The Kier molecular flexibility index (Phi) is 6.70. The van der Waals surface area contributed by atoms with Crippen molar-refractivity contribution < 1.29 is 19.1 Å². The highest BCUT2D eigenvalue weighted by molar-refractivity contribution is 5.95. The molecule has 0 fully saturated rings. The van der Waals surface area contributed by atoms with Crippen LogP contribution in [-0.2, 0) is 19.1 Å². The van der Waals surface area contributed by atoms with Crippen LogP contribution in [0.5, 0.6) is 0 Å². The van der Waals surface area contributed by atoms with E-state index in [1.165, 1.54) is 6.08 Å². The van der Waals surface area contributed by atoms with Gasteiger partial charge >= 0.3 is 5.97 Å². The molecule has 0 aromatic heterocycles. The van der Waals surface area contributed by atoms with Crippen LogP contribution in [0.3, 0.4) is 0 Å². The fourth-order valence-electron chi connectivity index (χ4n) is 1.51. The van der Waals surface area contributed by atoms with Gasteiger partial charge in [0, 0.05) is 12.7 Å². The molecule has 4 nitrogen and oxygen atoms in total. The van der Waals surface area contributed by atoms with Gasteiger partial charge in [0.2, 0.25) is 0 Å². The number of carbonyl (C=O) groups is 2. The fraction of sp³-hybridized carbons (Fsp3) is 0.600. The van der Waals surface area contributed by atoms with Gasteiger partial charge in [0.1, 0.15) is 11.2 Å². The monoisotopic (exact) mass is 268 g/mol. The zero-order valence-electron chi connectivity index (χ0n) is 12.3. The molecule has 0 saturated carbocycles. The van der Waals surface area contributed by atoms with Crippen molar-refractivity contribution in [2.45, 2.75) is 51.7 Å². The SMILES string of the molecule is C=CC(=O)OC(C)(C)CCCOC(C)(C)C(=O)C=C. The Bertz CT molecular complexity index is 353. The van der Waals surface area contributed by atoms with Gasteiger partial charge in [-0.25, -0.2) is 4.79 Å². The Morgan fingerprint density at radius 3 is 2.16 bits per heavy atom. The quantitative estimate of drug-likeness (QED) is 0.366. The van der Waals surface area contributed by atoms with Gasteiger partial charge in [-0.2, -0.15) is 0 Å². The Labute approximate surface area is 115 Å². The van der Waals surface area contributed by atoms with E-state index in [-0.39, 0.29) is 5.78 Å². The van der Waals surface area contributed by atoms with Crippen molar-refractivity contribution in [1.82, 2.24) is 0 Å². The number of hydrogen-bond acceptors (Lipinski definition) is 4. The standard InChI is InChI=1S/C15H24O4/c1-7-12(16)15(5,6)18-11-9-10-14(3,4)19-13(17)8-2/h7-8H,1-2,9-11H2,3-6H3. The zero-order chi connectivity index (χ0) is 15.1. The molecule has 0 aromatic rings. The molecule has 0 aliphatic rings. The summed E-state index contributed by atoms with van der Waals surface area (Å²) < 4.78 is 10.7. The summed E-state index contributed by atoms with van der Waals surface area (Å²) in [5.41, 5.74) is -1.43. The van der Waals surface area contributed by atoms with E-state index in [2.05, 4.69) is 13.2 Å². The number of ether oxygens (including phenoxy) is 2. The first-order chi connectivity index (χ1) is 8.64. The molecule has 0 N–H and O–H groups in total. The summed E-state index contributed by atoms with van der Waals surface area (Å²) in [6.07, 6.45) is 3.73. The van der Waals surface area contributed by atoms with E-state index in [1.807, 2.05) is 13.8 Å². The Morgan fingerprint density at radius 2 is 1.68 bits per heavy atom. The number of esters is 1. The third kappa shape index (κ3) is 6.91. The van der Waals surface area contributed by atoms with Crippen molar-refractivity contribution in [3.8, 4) is 0 Å². The summed E-state index contributed by atoms with van der Waals surface area (Å²) in [7, 11) is 0. The van der Waals surface area contributed by atoms with E-state index in [1.54, 1.807) is 13.8 Å². The highest BCUT2D eigenvalue weighted by Crippen LogP contribution is 2.19. The van der Waals surface area contributed by atoms with Crippen molar-refractivity contribution in [3.05, 3.63) is 25.3 Å². The number of hydrogen-bond donors (Lipinski definition) is 0. The molecule has 0 heterocycles. The molecule has 0 aromatic carbocycles. The molecule has 0 saturated heterocycles. The Morgan fingerprint density at radius 1 is 1.11 bits per heavy atom. The maximum atomic E-state index is 11.5. The molecule has 0 aliphatic heterocycles. The van der Waals surface area contributed by atoms with E-state index < -0.39 is 17.2 Å². The van der Waals surface area contributed by atoms with E-state index in [9.17, 15) is 9.59 Å². The van der Waals surface area contributed by atoms with Gasteiger partial charge in [0.05, 0.1) is 0 Å². The van der Waals surface area contributed by atoms with Crippen LogP contribution in [0, 0.1) is 0 Å². The molecule has 0 amide bonds. The van der Waals surface area contributed by atoms with Gasteiger partial charge in [-0.05, 0) is 46.6 Å². The minimum atomic E-state index is -0.857. The van der Waals surface area contributed by atoms with Crippen LogP contribution in [0.4, 0.5) is 0 Å². The molecule has 0 unspecified atom stereocenters. The predicted molar refractivity (Wildman–Crippen MR) is 74.8 cm³/mol. The molecule has 0 atom stereocenters. The van der Waals surface area contributed by atoms with Crippen LogP contribution in [0.25, 0.3) is 0 Å². The lowest BCUT2D eigenvalue weighted by molar-refractivity contribution is -0.151.